The van der Waals surface area contributed by atoms with E-state index in [1.807, 2.05) is 0 Å². The molecule has 1 rings (SSSR count). The molecule has 0 amide bonds. The second-order valence-electron chi connectivity index (χ2n) is 3.27. The van der Waals surface area contributed by atoms with Crippen LogP contribution in [0.4, 0.5) is 17.6 Å². The molecule has 0 saturated carbocycles. The van der Waals surface area contributed by atoms with E-state index in [2.05, 4.69) is 14.7 Å². The number of hydrogen-bond donors (Lipinski definition) is 1. The van der Waals surface area contributed by atoms with Gasteiger partial charge in [-0.15, -0.1) is 0 Å². The third-order valence-electron chi connectivity index (χ3n) is 1.84. The largest absolute Gasteiger partial charge is 0.367 e. The number of nitrogens with zero attached hydrogens (tertiary/aromatic N) is 2. The Balaban J connectivity index is 2.40. The summed E-state index contributed by atoms with van der Waals surface area (Å²) in [6.07, 6.45) is -0.920. The predicted molar refractivity (Wildman–Crippen MR) is 50.5 cm³/mol. The van der Waals surface area contributed by atoms with Crippen molar-refractivity contribution in [1.29, 1.82) is 0 Å². The first-order valence-electron chi connectivity index (χ1n) is 4.69. The van der Waals surface area contributed by atoms with Crippen molar-refractivity contribution in [3.05, 3.63) is 23.8 Å². The van der Waals surface area contributed by atoms with Crippen LogP contribution in [0, 0.1) is 0 Å². The topological polar surface area (TPSA) is 61.0 Å². The fourth-order valence-electron chi connectivity index (χ4n) is 0.903. The zero-order chi connectivity index (χ0) is 12.9. The summed E-state index contributed by atoms with van der Waals surface area (Å²) < 4.78 is 52.8. The van der Waals surface area contributed by atoms with Gasteiger partial charge in [0.15, 0.2) is 5.82 Å². The van der Waals surface area contributed by atoms with E-state index in [-0.39, 0.29) is 19.0 Å². The number of halogens is 4. The van der Waals surface area contributed by atoms with Gasteiger partial charge in [-0.3, -0.25) is 0 Å². The van der Waals surface area contributed by atoms with E-state index in [1.54, 1.807) is 0 Å². The standard InChI is InChI=1S/C9H11F4N3O/c10-8(11)9(12,13)5-17-4-7-15-2-6(1-14)3-16-7/h2-3,8H,1,4-5,14H2. The third-order valence-corrected chi connectivity index (χ3v) is 1.84. The van der Waals surface area contributed by atoms with Crippen molar-refractivity contribution < 1.29 is 22.3 Å². The van der Waals surface area contributed by atoms with Gasteiger partial charge < -0.3 is 10.5 Å². The normalized spacial score (nSPS) is 12.1. The van der Waals surface area contributed by atoms with Gasteiger partial charge in [-0.1, -0.05) is 0 Å². The Bertz CT molecular complexity index is 345. The molecule has 0 radical (unpaired) electrons. The van der Waals surface area contributed by atoms with E-state index in [9.17, 15) is 17.6 Å². The molecule has 0 aliphatic rings. The number of ether oxygens (including phenoxy) is 1. The maximum absolute atomic E-state index is 12.4. The maximum Gasteiger partial charge on any atom is 0.330 e. The highest BCUT2D eigenvalue weighted by molar-refractivity contribution is 5.03. The van der Waals surface area contributed by atoms with E-state index in [0.29, 0.717) is 5.56 Å². The Morgan fingerprint density at radius 3 is 2.35 bits per heavy atom. The van der Waals surface area contributed by atoms with Crippen molar-refractivity contribution in [3.63, 3.8) is 0 Å². The summed E-state index contributed by atoms with van der Waals surface area (Å²) in [6.45, 7) is -1.47. The van der Waals surface area contributed by atoms with Crippen molar-refractivity contribution in [2.24, 2.45) is 5.73 Å². The minimum absolute atomic E-state index is 0.132. The quantitative estimate of drug-likeness (QED) is 0.777. The van der Waals surface area contributed by atoms with Gasteiger partial charge in [0.1, 0.15) is 13.2 Å². The Hall–Kier alpha value is -1.28. The zero-order valence-corrected chi connectivity index (χ0v) is 8.75. The molecule has 0 spiro atoms. The summed E-state index contributed by atoms with van der Waals surface area (Å²) in [5, 5.41) is 0. The van der Waals surface area contributed by atoms with Crippen molar-refractivity contribution >= 4 is 0 Å². The SMILES string of the molecule is NCc1cnc(COCC(F)(F)C(F)F)nc1. The Morgan fingerprint density at radius 1 is 1.29 bits per heavy atom. The van der Waals surface area contributed by atoms with Crippen LogP contribution in [-0.2, 0) is 17.9 Å². The molecule has 1 heterocycles. The van der Waals surface area contributed by atoms with Gasteiger partial charge in [0.25, 0.3) is 0 Å². The first-order valence-corrected chi connectivity index (χ1v) is 4.69. The first-order chi connectivity index (χ1) is 7.95. The van der Waals surface area contributed by atoms with Crippen LogP contribution in [-0.4, -0.2) is 28.9 Å². The third kappa shape index (κ3) is 4.23. The highest BCUT2D eigenvalue weighted by Gasteiger charge is 2.40. The number of rotatable bonds is 6. The van der Waals surface area contributed by atoms with Crippen LogP contribution < -0.4 is 5.73 Å². The van der Waals surface area contributed by atoms with Crippen molar-refractivity contribution in [2.45, 2.75) is 25.5 Å². The molecule has 0 aliphatic heterocycles. The van der Waals surface area contributed by atoms with Crippen molar-refractivity contribution in [3.8, 4) is 0 Å². The van der Waals surface area contributed by atoms with E-state index < -0.39 is 19.0 Å². The van der Waals surface area contributed by atoms with Crippen molar-refractivity contribution in [1.82, 2.24) is 9.97 Å². The fourth-order valence-corrected chi connectivity index (χ4v) is 0.903. The molecule has 2 N–H and O–H groups in total. The monoisotopic (exact) mass is 253 g/mol. The van der Waals surface area contributed by atoms with Crippen LogP contribution in [0.5, 0.6) is 0 Å². The van der Waals surface area contributed by atoms with Gasteiger partial charge in [0.2, 0.25) is 0 Å². The number of aromatic nitrogens is 2. The minimum atomic E-state index is -4.16. The molecule has 1 aromatic rings. The van der Waals surface area contributed by atoms with Gasteiger partial charge in [-0.2, -0.15) is 8.78 Å². The molecule has 96 valence electrons. The molecule has 8 heteroatoms. The lowest BCUT2D eigenvalue weighted by Gasteiger charge is -2.14. The lowest BCUT2D eigenvalue weighted by Crippen LogP contribution is -2.32. The smallest absolute Gasteiger partial charge is 0.330 e. The summed E-state index contributed by atoms with van der Waals surface area (Å²) >= 11 is 0. The van der Waals surface area contributed by atoms with E-state index in [4.69, 9.17) is 5.73 Å². The van der Waals surface area contributed by atoms with Gasteiger partial charge >= 0.3 is 12.3 Å². The van der Waals surface area contributed by atoms with Gasteiger partial charge in [0, 0.05) is 24.5 Å². The molecule has 0 aromatic carbocycles. The molecule has 0 unspecified atom stereocenters. The van der Waals surface area contributed by atoms with Crippen LogP contribution in [0.1, 0.15) is 11.4 Å². The van der Waals surface area contributed by atoms with Crippen LogP contribution in [0.15, 0.2) is 12.4 Å². The van der Waals surface area contributed by atoms with E-state index in [0.717, 1.165) is 0 Å². The average Bonchev–Trinajstić information content (AvgIpc) is 2.29. The van der Waals surface area contributed by atoms with Gasteiger partial charge in [-0.25, -0.2) is 18.7 Å². The Kier molecular flexibility index (Phi) is 4.76. The van der Waals surface area contributed by atoms with E-state index >= 15 is 0 Å². The molecule has 0 aliphatic carbocycles. The molecule has 0 saturated heterocycles. The fraction of sp³-hybridized carbons (Fsp3) is 0.556. The van der Waals surface area contributed by atoms with Gasteiger partial charge in [0.05, 0.1) is 0 Å². The molecule has 4 nitrogen and oxygen atoms in total. The van der Waals surface area contributed by atoms with Crippen LogP contribution in [0.25, 0.3) is 0 Å². The molecule has 0 fully saturated rings. The summed E-state index contributed by atoms with van der Waals surface area (Å²) in [6, 6.07) is 0. The summed E-state index contributed by atoms with van der Waals surface area (Å²) in [7, 11) is 0. The van der Waals surface area contributed by atoms with Gasteiger partial charge in [-0.05, 0) is 0 Å². The Labute approximate surface area is 94.8 Å². The molecule has 1 aromatic heterocycles. The molecule has 0 atom stereocenters. The van der Waals surface area contributed by atoms with Crippen LogP contribution >= 0.6 is 0 Å². The molecular formula is C9H11F4N3O. The molecule has 0 bridgehead atoms. The van der Waals surface area contributed by atoms with Crippen LogP contribution in [0.3, 0.4) is 0 Å². The zero-order valence-electron chi connectivity index (χ0n) is 8.75. The highest BCUT2D eigenvalue weighted by Crippen LogP contribution is 2.23. The lowest BCUT2D eigenvalue weighted by atomic mass is 10.3. The highest BCUT2D eigenvalue weighted by atomic mass is 19.3. The summed E-state index contributed by atoms with van der Waals surface area (Å²) in [5.74, 6) is -4.02. The second kappa shape index (κ2) is 5.87. The number of alkyl halides is 4. The molecule has 17 heavy (non-hydrogen) atoms. The minimum Gasteiger partial charge on any atom is -0.367 e. The summed E-state index contributed by atoms with van der Waals surface area (Å²) in [5.41, 5.74) is 5.97. The molecular weight excluding hydrogens is 242 g/mol. The first kappa shape index (κ1) is 13.8. The number of nitrogens with two attached hydrogens (primary N) is 1. The van der Waals surface area contributed by atoms with Crippen LogP contribution in [0.2, 0.25) is 0 Å². The second-order valence-corrected chi connectivity index (χ2v) is 3.27. The predicted octanol–water partition coefficient (Wildman–Crippen LogP) is 1.35. The number of hydrogen-bond acceptors (Lipinski definition) is 4. The van der Waals surface area contributed by atoms with Crippen molar-refractivity contribution in [2.75, 3.05) is 6.61 Å². The van der Waals surface area contributed by atoms with E-state index in [1.165, 1.54) is 12.4 Å². The average molecular weight is 253 g/mol. The lowest BCUT2D eigenvalue weighted by molar-refractivity contribution is -0.168. The maximum atomic E-state index is 12.4. The summed E-state index contributed by atoms with van der Waals surface area (Å²) in [4.78, 5) is 7.53. The Morgan fingerprint density at radius 2 is 1.88 bits per heavy atom.